The molecule has 0 aliphatic heterocycles. The number of carbonyl (C=O) groups excluding carboxylic acids is 2. The Hall–Kier alpha value is -1.59. The molecule has 0 aromatic carbocycles. The summed E-state index contributed by atoms with van der Waals surface area (Å²) in [5.74, 6) is -1.97. The van der Waals surface area contributed by atoms with Crippen molar-refractivity contribution in [2.24, 2.45) is 34.5 Å². The minimum absolute atomic E-state index is 0.120. The van der Waals surface area contributed by atoms with Crippen molar-refractivity contribution in [2.75, 3.05) is 0 Å². The summed E-state index contributed by atoms with van der Waals surface area (Å²) in [7, 11) is 0. The van der Waals surface area contributed by atoms with E-state index in [1.54, 1.807) is 6.08 Å². The highest BCUT2D eigenvalue weighted by molar-refractivity contribution is 6.01. The molecule has 4 aliphatic carbocycles. The van der Waals surface area contributed by atoms with Crippen molar-refractivity contribution in [2.45, 2.75) is 52.2 Å². The van der Waals surface area contributed by atoms with Gasteiger partial charge in [-0.2, -0.15) is 0 Å². The van der Waals surface area contributed by atoms with Gasteiger partial charge >= 0.3 is 0 Å². The average molecular weight is 374 g/mol. The molecule has 8 atom stereocenters. The highest BCUT2D eigenvalue weighted by atomic mass is 19.1. The first-order valence-corrected chi connectivity index (χ1v) is 9.71. The fourth-order valence-corrected chi connectivity index (χ4v) is 6.95. The fraction of sp³-hybridized carbons (Fsp3) is 0.636. The number of aliphatic hydroxyl groups is 2. The quantitative estimate of drug-likeness (QED) is 0.740. The Morgan fingerprint density at radius 2 is 2.00 bits per heavy atom. The molecule has 27 heavy (non-hydrogen) atoms. The van der Waals surface area contributed by atoms with Crippen LogP contribution in [-0.2, 0) is 9.59 Å². The van der Waals surface area contributed by atoms with Gasteiger partial charge in [-0.1, -0.05) is 26.8 Å². The van der Waals surface area contributed by atoms with E-state index >= 15 is 4.39 Å². The molecule has 2 fully saturated rings. The lowest BCUT2D eigenvalue weighted by atomic mass is 9.47. The Morgan fingerprint density at radius 3 is 2.63 bits per heavy atom. The number of hydrogen-bond donors (Lipinski definition) is 2. The van der Waals surface area contributed by atoms with E-state index in [0.29, 0.717) is 12.0 Å². The number of ketones is 2. The van der Waals surface area contributed by atoms with Crippen molar-refractivity contribution < 1.29 is 24.2 Å². The van der Waals surface area contributed by atoms with E-state index in [1.165, 1.54) is 25.2 Å². The van der Waals surface area contributed by atoms with Gasteiger partial charge < -0.3 is 10.2 Å². The maximum Gasteiger partial charge on any atom is 0.178 e. The Morgan fingerprint density at radius 1 is 1.33 bits per heavy atom. The lowest BCUT2D eigenvalue weighted by molar-refractivity contribution is -0.174. The normalized spacial score (nSPS) is 51.1. The number of rotatable bonds is 1. The monoisotopic (exact) mass is 374 g/mol. The number of halogens is 1. The zero-order valence-corrected chi connectivity index (χ0v) is 16.2. The molecule has 0 amide bonds. The van der Waals surface area contributed by atoms with Gasteiger partial charge in [-0.3, -0.25) is 9.59 Å². The van der Waals surface area contributed by atoms with Crippen LogP contribution in [0, 0.1) is 34.5 Å². The third kappa shape index (κ3) is 2.10. The molecule has 0 aromatic rings. The predicted octanol–water partition coefficient (Wildman–Crippen LogP) is 2.90. The molecule has 4 aliphatic rings. The Balaban J connectivity index is 1.88. The highest BCUT2D eigenvalue weighted by Gasteiger charge is 2.69. The smallest absolute Gasteiger partial charge is 0.178 e. The lowest BCUT2D eigenvalue weighted by Gasteiger charge is -2.58. The van der Waals surface area contributed by atoms with Gasteiger partial charge in [0.1, 0.15) is 11.4 Å². The van der Waals surface area contributed by atoms with Crippen LogP contribution >= 0.6 is 0 Å². The molecule has 0 saturated heterocycles. The third-order valence-corrected chi connectivity index (χ3v) is 8.22. The van der Waals surface area contributed by atoms with Crippen molar-refractivity contribution in [1.29, 1.82) is 0 Å². The van der Waals surface area contributed by atoms with Gasteiger partial charge in [-0.15, -0.1) is 0 Å². The van der Waals surface area contributed by atoms with Crippen molar-refractivity contribution >= 4 is 11.6 Å². The Labute approximate surface area is 158 Å². The number of carbonyl (C=O) groups is 2. The van der Waals surface area contributed by atoms with E-state index in [4.69, 9.17) is 0 Å². The van der Waals surface area contributed by atoms with Crippen molar-refractivity contribution in [3.63, 3.8) is 0 Å². The maximum absolute atomic E-state index is 15.1. The molecule has 0 aromatic heterocycles. The molecule has 0 unspecified atom stereocenters. The summed E-state index contributed by atoms with van der Waals surface area (Å²) in [4.78, 5) is 24.2. The number of Topliss-reactive ketones (excluding diaryl/α,β-unsaturated/α-hetero) is 1. The molecule has 4 nitrogen and oxygen atoms in total. The summed E-state index contributed by atoms with van der Waals surface area (Å²) in [6.07, 6.45) is 6.07. The molecule has 2 N–H and O–H groups in total. The van der Waals surface area contributed by atoms with Crippen LogP contribution in [0.25, 0.3) is 0 Å². The van der Waals surface area contributed by atoms with Crippen molar-refractivity contribution in [3.8, 4) is 0 Å². The standard InChI is InChI=1S/C22H27FO4/c1-11-7-15-14-9-17(23)16-8-13(25)5-6-20(16,3)19(14)18(26)10-21(15,4)22(11,27)12(2)24/h5-6,8-9,11,14-15,18-19,26-27H,7,10H2,1-4H3/t11-,14-,15-,18-,19+,20-,21-,22-/m0/s1. The topological polar surface area (TPSA) is 74.6 Å². The van der Waals surface area contributed by atoms with Gasteiger partial charge in [-0.05, 0) is 55.7 Å². The summed E-state index contributed by atoms with van der Waals surface area (Å²) in [5, 5.41) is 22.5. The molecule has 2 saturated carbocycles. The zero-order chi connectivity index (χ0) is 19.9. The largest absolute Gasteiger partial charge is 0.393 e. The highest BCUT2D eigenvalue weighted by Crippen LogP contribution is 2.67. The molecule has 0 spiro atoms. The maximum atomic E-state index is 15.1. The second kappa shape index (κ2) is 5.48. The van der Waals surface area contributed by atoms with Crippen LogP contribution in [-0.4, -0.2) is 33.5 Å². The van der Waals surface area contributed by atoms with Crippen LogP contribution < -0.4 is 0 Å². The summed E-state index contributed by atoms with van der Waals surface area (Å²) in [6.45, 7) is 6.99. The molecule has 146 valence electrons. The first-order valence-electron chi connectivity index (χ1n) is 9.71. The van der Waals surface area contributed by atoms with Crippen LogP contribution in [0.4, 0.5) is 4.39 Å². The number of aliphatic hydroxyl groups excluding tert-OH is 1. The van der Waals surface area contributed by atoms with E-state index in [0.717, 1.165) is 0 Å². The molecule has 0 heterocycles. The summed E-state index contributed by atoms with van der Waals surface area (Å²) in [6, 6.07) is 0. The van der Waals surface area contributed by atoms with Crippen LogP contribution in [0.5, 0.6) is 0 Å². The second-order valence-corrected chi connectivity index (χ2v) is 9.45. The third-order valence-electron chi connectivity index (χ3n) is 8.22. The Kier molecular flexibility index (Phi) is 3.81. The van der Waals surface area contributed by atoms with Gasteiger partial charge in [0.05, 0.1) is 6.10 Å². The molecule has 0 radical (unpaired) electrons. The molecule has 4 rings (SSSR count). The fourth-order valence-electron chi connectivity index (χ4n) is 6.95. The SMILES string of the molecule is CC(=O)[C@@]1(O)[C@@H](C)C[C@H]2[C@@H]3C=C(F)C4=CC(=O)C=C[C@]4(C)[C@H]3[C@@H](O)C[C@@]21C. The lowest BCUT2D eigenvalue weighted by Crippen LogP contribution is -2.61. The number of fused-ring (bicyclic) bond motifs is 5. The van der Waals surface area contributed by atoms with Gasteiger partial charge in [-0.25, -0.2) is 4.39 Å². The van der Waals surface area contributed by atoms with E-state index in [1.807, 2.05) is 20.8 Å². The number of allylic oxidation sites excluding steroid dienone is 6. The summed E-state index contributed by atoms with van der Waals surface area (Å²) < 4.78 is 15.1. The van der Waals surface area contributed by atoms with Gasteiger partial charge in [0.15, 0.2) is 11.6 Å². The van der Waals surface area contributed by atoms with E-state index in [-0.39, 0.29) is 41.7 Å². The average Bonchev–Trinajstić information content (AvgIpc) is 2.78. The van der Waals surface area contributed by atoms with E-state index < -0.39 is 28.4 Å². The van der Waals surface area contributed by atoms with Crippen molar-refractivity contribution in [3.05, 3.63) is 35.7 Å². The molecular formula is C22H27FO4. The van der Waals surface area contributed by atoms with Crippen molar-refractivity contribution in [1.82, 2.24) is 0 Å². The summed E-state index contributed by atoms with van der Waals surface area (Å²) in [5.41, 5.74) is -2.80. The predicted molar refractivity (Wildman–Crippen MR) is 98.1 cm³/mol. The Bertz CT molecular complexity index is 826. The first kappa shape index (κ1) is 18.8. The van der Waals surface area contributed by atoms with Crippen LogP contribution in [0.2, 0.25) is 0 Å². The first-order chi connectivity index (χ1) is 12.5. The zero-order valence-electron chi connectivity index (χ0n) is 16.2. The second-order valence-electron chi connectivity index (χ2n) is 9.45. The van der Waals surface area contributed by atoms with E-state index in [2.05, 4.69) is 0 Å². The molecule has 0 bridgehead atoms. The van der Waals surface area contributed by atoms with Crippen LogP contribution in [0.1, 0.15) is 40.5 Å². The molecule has 5 heteroatoms. The minimum Gasteiger partial charge on any atom is -0.393 e. The molecular weight excluding hydrogens is 347 g/mol. The minimum atomic E-state index is -1.52. The van der Waals surface area contributed by atoms with Crippen LogP contribution in [0.15, 0.2) is 35.7 Å². The van der Waals surface area contributed by atoms with Crippen LogP contribution in [0.3, 0.4) is 0 Å². The number of hydrogen-bond acceptors (Lipinski definition) is 4. The van der Waals surface area contributed by atoms with E-state index in [9.17, 15) is 19.8 Å². The van der Waals surface area contributed by atoms with Gasteiger partial charge in [0.2, 0.25) is 0 Å². The summed E-state index contributed by atoms with van der Waals surface area (Å²) >= 11 is 0. The van der Waals surface area contributed by atoms with Gasteiger partial charge in [0.25, 0.3) is 0 Å². The van der Waals surface area contributed by atoms with Gasteiger partial charge in [0, 0.05) is 22.3 Å².